The number of aliphatic hydroxyl groups excluding tert-OH is 1. The standard InChI is InChI=1S/C16H14O3S/c17-15(18)8-10-5-6-13-14(7-10)20-9-11-3-1-2-4-12(11)16(13)19/h1-7,16,19H,8-9H2,(H,17,18)/t16-/m0/s1. The van der Waals surface area contributed by atoms with Gasteiger partial charge in [0, 0.05) is 10.6 Å². The lowest BCUT2D eigenvalue weighted by Crippen LogP contribution is -2.04. The normalized spacial score (nSPS) is 16.9. The van der Waals surface area contributed by atoms with Gasteiger partial charge in [0.25, 0.3) is 0 Å². The third-order valence-corrected chi connectivity index (χ3v) is 4.58. The van der Waals surface area contributed by atoms with Crippen molar-refractivity contribution < 1.29 is 15.0 Å². The largest absolute Gasteiger partial charge is 0.481 e. The molecule has 1 atom stereocenters. The van der Waals surface area contributed by atoms with Gasteiger partial charge in [0.05, 0.1) is 6.42 Å². The molecule has 0 aromatic heterocycles. The molecule has 1 aliphatic rings. The average Bonchev–Trinajstić information content (AvgIpc) is 2.57. The Morgan fingerprint density at radius 3 is 2.80 bits per heavy atom. The van der Waals surface area contributed by atoms with Gasteiger partial charge in [0.1, 0.15) is 6.10 Å². The highest BCUT2D eigenvalue weighted by molar-refractivity contribution is 7.98. The third-order valence-electron chi connectivity index (χ3n) is 3.46. The molecule has 3 rings (SSSR count). The number of carboxylic acid groups (broad SMARTS) is 1. The minimum Gasteiger partial charge on any atom is -0.481 e. The van der Waals surface area contributed by atoms with Gasteiger partial charge in [0.2, 0.25) is 0 Å². The summed E-state index contributed by atoms with van der Waals surface area (Å²) in [7, 11) is 0. The van der Waals surface area contributed by atoms with Crippen molar-refractivity contribution in [2.45, 2.75) is 23.2 Å². The van der Waals surface area contributed by atoms with Crippen molar-refractivity contribution in [2.24, 2.45) is 0 Å². The second kappa shape index (κ2) is 5.31. The van der Waals surface area contributed by atoms with Crippen LogP contribution in [0.5, 0.6) is 0 Å². The summed E-state index contributed by atoms with van der Waals surface area (Å²) in [6.45, 7) is 0. The summed E-state index contributed by atoms with van der Waals surface area (Å²) >= 11 is 1.64. The zero-order valence-corrected chi connectivity index (χ0v) is 11.6. The molecule has 1 heterocycles. The van der Waals surface area contributed by atoms with E-state index in [1.54, 1.807) is 17.8 Å². The molecule has 0 amide bonds. The second-order valence-corrected chi connectivity index (χ2v) is 5.85. The van der Waals surface area contributed by atoms with Crippen LogP contribution in [0.3, 0.4) is 0 Å². The van der Waals surface area contributed by atoms with Gasteiger partial charge in [-0.25, -0.2) is 0 Å². The number of hydrogen-bond acceptors (Lipinski definition) is 3. The number of aliphatic hydroxyl groups is 1. The zero-order valence-electron chi connectivity index (χ0n) is 10.7. The maximum atomic E-state index is 10.8. The number of fused-ring (bicyclic) bond motifs is 2. The van der Waals surface area contributed by atoms with Crippen molar-refractivity contribution in [1.29, 1.82) is 0 Å². The van der Waals surface area contributed by atoms with Gasteiger partial charge >= 0.3 is 5.97 Å². The van der Waals surface area contributed by atoms with Crippen LogP contribution < -0.4 is 0 Å². The van der Waals surface area contributed by atoms with E-state index < -0.39 is 12.1 Å². The molecule has 2 N–H and O–H groups in total. The van der Waals surface area contributed by atoms with Crippen LogP contribution in [0, 0.1) is 0 Å². The number of thioether (sulfide) groups is 1. The first-order valence-corrected chi connectivity index (χ1v) is 7.37. The lowest BCUT2D eigenvalue weighted by Gasteiger charge is -2.14. The van der Waals surface area contributed by atoms with Gasteiger partial charge in [-0.05, 0) is 28.3 Å². The van der Waals surface area contributed by atoms with E-state index in [2.05, 4.69) is 0 Å². The summed E-state index contributed by atoms with van der Waals surface area (Å²) in [6, 6.07) is 13.4. The molecule has 0 unspecified atom stereocenters. The molecule has 2 aromatic rings. The Morgan fingerprint density at radius 2 is 2.00 bits per heavy atom. The van der Waals surface area contributed by atoms with Crippen LogP contribution in [0.25, 0.3) is 0 Å². The van der Waals surface area contributed by atoms with Crippen molar-refractivity contribution in [3.63, 3.8) is 0 Å². The van der Waals surface area contributed by atoms with Crippen LogP contribution in [0.15, 0.2) is 47.4 Å². The van der Waals surface area contributed by atoms with E-state index in [0.717, 1.165) is 32.9 Å². The van der Waals surface area contributed by atoms with Crippen LogP contribution in [0.2, 0.25) is 0 Å². The molecule has 1 aliphatic heterocycles. The summed E-state index contributed by atoms with van der Waals surface area (Å²) in [4.78, 5) is 11.8. The van der Waals surface area contributed by atoms with Crippen LogP contribution in [-0.2, 0) is 17.0 Å². The number of carbonyl (C=O) groups is 1. The molecule has 20 heavy (non-hydrogen) atoms. The van der Waals surface area contributed by atoms with E-state index in [1.807, 2.05) is 36.4 Å². The van der Waals surface area contributed by atoms with E-state index in [4.69, 9.17) is 5.11 Å². The maximum Gasteiger partial charge on any atom is 0.307 e. The van der Waals surface area contributed by atoms with Gasteiger partial charge in [-0.2, -0.15) is 0 Å². The topological polar surface area (TPSA) is 57.5 Å². The van der Waals surface area contributed by atoms with Crippen molar-refractivity contribution in [1.82, 2.24) is 0 Å². The average molecular weight is 286 g/mol. The van der Waals surface area contributed by atoms with E-state index in [1.165, 1.54) is 0 Å². The molecule has 3 nitrogen and oxygen atoms in total. The molecule has 4 heteroatoms. The van der Waals surface area contributed by atoms with Gasteiger partial charge in [0.15, 0.2) is 0 Å². The summed E-state index contributed by atoms with van der Waals surface area (Å²) in [6.07, 6.45) is -0.633. The molecule has 0 saturated carbocycles. The Balaban J connectivity index is 2.02. The lowest BCUT2D eigenvalue weighted by molar-refractivity contribution is -0.136. The quantitative estimate of drug-likeness (QED) is 0.891. The minimum absolute atomic E-state index is 0.0108. The first-order valence-electron chi connectivity index (χ1n) is 6.38. The summed E-state index contributed by atoms with van der Waals surface area (Å²) in [5, 5.41) is 19.4. The lowest BCUT2D eigenvalue weighted by atomic mass is 9.96. The summed E-state index contributed by atoms with van der Waals surface area (Å²) in [5.41, 5.74) is 3.68. The SMILES string of the molecule is O=C(O)Cc1ccc2c(c1)SCc1ccccc1[C@@H]2O. The highest BCUT2D eigenvalue weighted by Crippen LogP contribution is 2.39. The summed E-state index contributed by atoms with van der Waals surface area (Å²) < 4.78 is 0. The minimum atomic E-state index is -0.840. The molecule has 0 fully saturated rings. The molecule has 0 radical (unpaired) electrons. The Morgan fingerprint density at radius 1 is 1.20 bits per heavy atom. The molecule has 0 saturated heterocycles. The van der Waals surface area contributed by atoms with Gasteiger partial charge < -0.3 is 10.2 Å². The molecule has 102 valence electrons. The smallest absolute Gasteiger partial charge is 0.307 e. The van der Waals surface area contributed by atoms with Crippen molar-refractivity contribution in [3.8, 4) is 0 Å². The predicted octanol–water partition coefficient (Wildman–Crippen LogP) is 3.00. The van der Waals surface area contributed by atoms with Gasteiger partial charge in [-0.1, -0.05) is 36.4 Å². The fourth-order valence-electron chi connectivity index (χ4n) is 2.47. The van der Waals surface area contributed by atoms with E-state index in [9.17, 15) is 9.90 Å². The van der Waals surface area contributed by atoms with Crippen molar-refractivity contribution >= 4 is 17.7 Å². The van der Waals surface area contributed by atoms with Crippen LogP contribution in [0.4, 0.5) is 0 Å². The van der Waals surface area contributed by atoms with Gasteiger partial charge in [-0.3, -0.25) is 4.79 Å². The zero-order chi connectivity index (χ0) is 14.1. The van der Waals surface area contributed by atoms with E-state index >= 15 is 0 Å². The Labute approximate surface area is 121 Å². The third kappa shape index (κ3) is 2.44. The Hall–Kier alpha value is -1.78. The van der Waals surface area contributed by atoms with Crippen LogP contribution >= 0.6 is 11.8 Å². The van der Waals surface area contributed by atoms with Crippen molar-refractivity contribution in [2.75, 3.05) is 0 Å². The van der Waals surface area contributed by atoms with Crippen LogP contribution in [-0.4, -0.2) is 16.2 Å². The monoisotopic (exact) mass is 286 g/mol. The molecule has 0 spiro atoms. The summed E-state index contributed by atoms with van der Waals surface area (Å²) in [5.74, 6) is -0.0519. The predicted molar refractivity (Wildman–Crippen MR) is 77.8 cm³/mol. The molecular weight excluding hydrogens is 272 g/mol. The Bertz CT molecular complexity index is 667. The molecule has 0 aliphatic carbocycles. The highest BCUT2D eigenvalue weighted by atomic mass is 32.2. The number of benzene rings is 2. The fourth-order valence-corrected chi connectivity index (χ4v) is 3.62. The van der Waals surface area contributed by atoms with E-state index in [-0.39, 0.29) is 6.42 Å². The second-order valence-electron chi connectivity index (χ2n) is 4.83. The number of hydrogen-bond donors (Lipinski definition) is 2. The number of carboxylic acids is 1. The number of aliphatic carboxylic acids is 1. The van der Waals surface area contributed by atoms with Crippen molar-refractivity contribution in [3.05, 3.63) is 64.7 Å². The fraction of sp³-hybridized carbons (Fsp3) is 0.188. The van der Waals surface area contributed by atoms with Gasteiger partial charge in [-0.15, -0.1) is 11.8 Å². The number of rotatable bonds is 2. The highest BCUT2D eigenvalue weighted by Gasteiger charge is 2.22. The first kappa shape index (κ1) is 13.2. The molecule has 0 bridgehead atoms. The maximum absolute atomic E-state index is 10.8. The van der Waals surface area contributed by atoms with E-state index in [0.29, 0.717) is 0 Å². The Kier molecular flexibility index (Phi) is 3.51. The van der Waals surface area contributed by atoms with Crippen LogP contribution in [0.1, 0.15) is 28.4 Å². The molecule has 2 aromatic carbocycles. The molecular formula is C16H14O3S. The first-order chi connectivity index (χ1) is 9.65.